The molecular weight excluding hydrogens is 238 g/mol. The van der Waals surface area contributed by atoms with Gasteiger partial charge in [-0.1, -0.05) is 18.2 Å². The second-order valence-corrected chi connectivity index (χ2v) is 5.12. The van der Waals surface area contributed by atoms with Gasteiger partial charge in [-0.2, -0.15) is 0 Å². The fraction of sp³-hybridized carbons (Fsp3) is 0.400. The van der Waals surface area contributed by atoms with Crippen LogP contribution in [0.1, 0.15) is 23.7 Å². The summed E-state index contributed by atoms with van der Waals surface area (Å²) in [6.45, 7) is 3.67. The highest BCUT2D eigenvalue weighted by atomic mass is 16.5. The molecule has 1 aliphatic heterocycles. The van der Waals surface area contributed by atoms with E-state index in [0.29, 0.717) is 5.92 Å². The summed E-state index contributed by atoms with van der Waals surface area (Å²) in [5.74, 6) is 0.388. The van der Waals surface area contributed by atoms with Gasteiger partial charge in [0, 0.05) is 18.2 Å². The zero-order chi connectivity index (χ0) is 13.2. The quantitative estimate of drug-likeness (QED) is 0.917. The molecule has 2 unspecified atom stereocenters. The normalized spacial score (nSPS) is 20.6. The molecule has 1 aromatic heterocycles. The van der Waals surface area contributed by atoms with E-state index in [9.17, 15) is 0 Å². The Balaban J connectivity index is 1.96. The number of aromatic nitrogens is 2. The molecule has 0 bridgehead atoms. The molecule has 0 saturated carbocycles. The maximum atomic E-state index is 6.39. The Morgan fingerprint density at radius 3 is 3.00 bits per heavy atom. The lowest BCUT2D eigenvalue weighted by Crippen LogP contribution is -2.24. The number of hydrogen-bond donors (Lipinski definition) is 1. The zero-order valence-electron chi connectivity index (χ0n) is 11.1. The maximum Gasteiger partial charge on any atom is 0.0994 e. The number of benzene rings is 1. The van der Waals surface area contributed by atoms with Gasteiger partial charge in [-0.15, -0.1) is 0 Å². The number of nitrogens with two attached hydrogens (primary N) is 1. The predicted molar refractivity (Wildman–Crippen MR) is 74.2 cm³/mol. The van der Waals surface area contributed by atoms with Crippen LogP contribution >= 0.6 is 0 Å². The first kappa shape index (κ1) is 12.4. The van der Waals surface area contributed by atoms with E-state index in [0.717, 1.165) is 31.0 Å². The van der Waals surface area contributed by atoms with Crippen molar-refractivity contribution in [1.29, 1.82) is 0 Å². The number of imidazole rings is 1. The molecule has 0 spiro atoms. The van der Waals surface area contributed by atoms with Crippen molar-refractivity contribution in [2.45, 2.75) is 19.4 Å². The lowest BCUT2D eigenvalue weighted by atomic mass is 9.97. The van der Waals surface area contributed by atoms with Crippen LogP contribution in [0.15, 0.2) is 36.8 Å². The van der Waals surface area contributed by atoms with Gasteiger partial charge in [0.05, 0.1) is 30.9 Å². The predicted octanol–water partition coefficient (Wildman–Crippen LogP) is 2.22. The first-order valence-electron chi connectivity index (χ1n) is 6.69. The number of para-hydroxylation sites is 1. The molecule has 1 aliphatic rings. The number of hydrogen-bond acceptors (Lipinski definition) is 3. The Morgan fingerprint density at radius 2 is 2.26 bits per heavy atom. The van der Waals surface area contributed by atoms with Gasteiger partial charge in [-0.05, 0) is 25.0 Å². The van der Waals surface area contributed by atoms with Crippen molar-refractivity contribution >= 4 is 0 Å². The number of ether oxygens (including phenoxy) is 1. The lowest BCUT2D eigenvalue weighted by Gasteiger charge is -2.20. The van der Waals surface area contributed by atoms with E-state index in [-0.39, 0.29) is 6.04 Å². The summed E-state index contributed by atoms with van der Waals surface area (Å²) in [5.41, 5.74) is 9.81. The molecule has 2 atom stereocenters. The molecule has 2 aromatic rings. The van der Waals surface area contributed by atoms with Gasteiger partial charge >= 0.3 is 0 Å². The van der Waals surface area contributed by atoms with Gasteiger partial charge in [0.1, 0.15) is 0 Å². The molecule has 19 heavy (non-hydrogen) atoms. The monoisotopic (exact) mass is 257 g/mol. The molecule has 0 radical (unpaired) electrons. The fourth-order valence-corrected chi connectivity index (χ4v) is 2.66. The topological polar surface area (TPSA) is 53.1 Å². The van der Waals surface area contributed by atoms with Crippen LogP contribution in [-0.2, 0) is 4.74 Å². The van der Waals surface area contributed by atoms with Crippen molar-refractivity contribution in [1.82, 2.24) is 9.55 Å². The van der Waals surface area contributed by atoms with Gasteiger partial charge < -0.3 is 15.0 Å². The molecule has 1 aromatic carbocycles. The third-order valence-electron chi connectivity index (χ3n) is 3.86. The number of nitrogens with zero attached hydrogens (tertiary/aromatic N) is 2. The average molecular weight is 257 g/mol. The van der Waals surface area contributed by atoms with Gasteiger partial charge in [0.25, 0.3) is 0 Å². The SMILES string of the molecule is Cc1ccccc1-n1cncc1C(N)C1CCOC1. The second-order valence-electron chi connectivity index (χ2n) is 5.12. The Bertz CT molecular complexity index is 558. The highest BCUT2D eigenvalue weighted by Gasteiger charge is 2.26. The molecule has 1 saturated heterocycles. The number of rotatable bonds is 3. The van der Waals surface area contributed by atoms with E-state index in [1.807, 2.05) is 24.7 Å². The van der Waals surface area contributed by atoms with Gasteiger partial charge in [-0.25, -0.2) is 4.98 Å². The van der Waals surface area contributed by atoms with Crippen LogP contribution in [0.4, 0.5) is 0 Å². The van der Waals surface area contributed by atoms with Gasteiger partial charge in [0.15, 0.2) is 0 Å². The van der Waals surface area contributed by atoms with Gasteiger partial charge in [0.2, 0.25) is 0 Å². The van der Waals surface area contributed by atoms with Crippen molar-refractivity contribution in [3.05, 3.63) is 48.0 Å². The van der Waals surface area contributed by atoms with Crippen molar-refractivity contribution in [2.24, 2.45) is 11.7 Å². The molecular formula is C15H19N3O. The van der Waals surface area contributed by atoms with Crippen molar-refractivity contribution in [3.8, 4) is 5.69 Å². The summed E-state index contributed by atoms with van der Waals surface area (Å²) in [7, 11) is 0. The average Bonchev–Trinajstić information content (AvgIpc) is 3.10. The Kier molecular flexibility index (Phi) is 3.36. The zero-order valence-corrected chi connectivity index (χ0v) is 11.1. The van der Waals surface area contributed by atoms with Crippen LogP contribution in [0.25, 0.3) is 5.69 Å². The van der Waals surface area contributed by atoms with E-state index in [1.54, 1.807) is 0 Å². The summed E-state index contributed by atoms with van der Waals surface area (Å²) in [6, 6.07) is 8.25. The van der Waals surface area contributed by atoms with Crippen molar-refractivity contribution in [2.75, 3.05) is 13.2 Å². The van der Waals surface area contributed by atoms with Crippen LogP contribution in [-0.4, -0.2) is 22.8 Å². The summed E-state index contributed by atoms with van der Waals surface area (Å²) in [6.07, 6.45) is 4.74. The van der Waals surface area contributed by atoms with Crippen LogP contribution < -0.4 is 5.73 Å². The Morgan fingerprint density at radius 1 is 1.42 bits per heavy atom. The summed E-state index contributed by atoms with van der Waals surface area (Å²) in [5, 5.41) is 0. The highest BCUT2D eigenvalue weighted by molar-refractivity contribution is 5.41. The van der Waals surface area contributed by atoms with Crippen LogP contribution in [0, 0.1) is 12.8 Å². The molecule has 3 rings (SSSR count). The smallest absolute Gasteiger partial charge is 0.0994 e. The molecule has 4 heteroatoms. The van der Waals surface area contributed by atoms with Crippen LogP contribution in [0.5, 0.6) is 0 Å². The third kappa shape index (κ3) is 2.29. The maximum absolute atomic E-state index is 6.39. The molecule has 2 N–H and O–H groups in total. The molecule has 100 valence electrons. The summed E-state index contributed by atoms with van der Waals surface area (Å²) in [4.78, 5) is 4.27. The van der Waals surface area contributed by atoms with Crippen LogP contribution in [0.3, 0.4) is 0 Å². The number of aryl methyl sites for hydroxylation is 1. The lowest BCUT2D eigenvalue weighted by molar-refractivity contribution is 0.180. The largest absolute Gasteiger partial charge is 0.381 e. The highest BCUT2D eigenvalue weighted by Crippen LogP contribution is 2.28. The minimum atomic E-state index is -0.0235. The molecule has 4 nitrogen and oxygen atoms in total. The van der Waals surface area contributed by atoms with E-state index < -0.39 is 0 Å². The fourth-order valence-electron chi connectivity index (χ4n) is 2.66. The van der Waals surface area contributed by atoms with Crippen LogP contribution in [0.2, 0.25) is 0 Å². The van der Waals surface area contributed by atoms with Crippen molar-refractivity contribution < 1.29 is 4.74 Å². The van der Waals surface area contributed by atoms with Crippen molar-refractivity contribution in [3.63, 3.8) is 0 Å². The van der Waals surface area contributed by atoms with E-state index in [2.05, 4.69) is 28.6 Å². The standard InChI is InChI=1S/C15H19N3O/c1-11-4-2-3-5-13(11)18-10-17-8-14(18)15(16)12-6-7-19-9-12/h2-5,8,10,12,15H,6-7,9,16H2,1H3. The minimum absolute atomic E-state index is 0.0235. The molecule has 0 aliphatic carbocycles. The van der Waals surface area contributed by atoms with E-state index >= 15 is 0 Å². The first-order valence-corrected chi connectivity index (χ1v) is 6.69. The summed E-state index contributed by atoms with van der Waals surface area (Å²) >= 11 is 0. The molecule has 2 heterocycles. The van der Waals surface area contributed by atoms with E-state index in [1.165, 1.54) is 5.56 Å². The minimum Gasteiger partial charge on any atom is -0.381 e. The summed E-state index contributed by atoms with van der Waals surface area (Å²) < 4.78 is 7.53. The van der Waals surface area contributed by atoms with Gasteiger partial charge in [-0.3, -0.25) is 0 Å². The Labute approximate surface area is 113 Å². The Hall–Kier alpha value is -1.65. The van der Waals surface area contributed by atoms with E-state index in [4.69, 9.17) is 10.5 Å². The molecule has 1 fully saturated rings. The first-order chi connectivity index (χ1) is 9.27. The third-order valence-corrected chi connectivity index (χ3v) is 3.86. The second kappa shape index (κ2) is 5.15. The molecule has 0 amide bonds.